The first-order valence-corrected chi connectivity index (χ1v) is 4.06. The van der Waals surface area contributed by atoms with Crippen molar-refractivity contribution in [1.29, 1.82) is 0 Å². The van der Waals surface area contributed by atoms with Crippen molar-refractivity contribution >= 4 is 0 Å². The van der Waals surface area contributed by atoms with Gasteiger partial charge >= 0.3 is 0 Å². The fourth-order valence-corrected chi connectivity index (χ4v) is 1.12. The van der Waals surface area contributed by atoms with Gasteiger partial charge in [0.15, 0.2) is 0 Å². The van der Waals surface area contributed by atoms with Crippen molar-refractivity contribution < 1.29 is 0 Å². The summed E-state index contributed by atoms with van der Waals surface area (Å²) < 4.78 is 0. The van der Waals surface area contributed by atoms with Crippen LogP contribution >= 0.6 is 0 Å². The molecule has 0 amide bonds. The average molecular weight is 171 g/mol. The van der Waals surface area contributed by atoms with Crippen molar-refractivity contribution in [2.75, 3.05) is 0 Å². The standard InChI is InChI=1S/C10H9N3/c1-8-5-10(13-12-6-8)9-3-2-4-11-7-9/h2-7H,1H3. The third-order valence-corrected chi connectivity index (χ3v) is 1.75. The molecular formula is C10H9N3. The van der Waals surface area contributed by atoms with Gasteiger partial charge in [-0.1, -0.05) is 0 Å². The first-order valence-electron chi connectivity index (χ1n) is 4.06. The Morgan fingerprint density at radius 2 is 2.15 bits per heavy atom. The van der Waals surface area contributed by atoms with Gasteiger partial charge in [0.1, 0.15) is 0 Å². The zero-order chi connectivity index (χ0) is 9.10. The number of nitrogens with zero attached hydrogens (tertiary/aromatic N) is 3. The molecule has 2 rings (SSSR count). The van der Waals surface area contributed by atoms with Crippen LogP contribution in [0.25, 0.3) is 11.3 Å². The second-order valence-corrected chi connectivity index (χ2v) is 2.86. The van der Waals surface area contributed by atoms with Crippen LogP contribution in [0.2, 0.25) is 0 Å². The molecule has 3 nitrogen and oxygen atoms in total. The summed E-state index contributed by atoms with van der Waals surface area (Å²) >= 11 is 0. The highest BCUT2D eigenvalue weighted by Crippen LogP contribution is 2.14. The Morgan fingerprint density at radius 1 is 1.23 bits per heavy atom. The maximum absolute atomic E-state index is 4.02. The molecule has 0 spiro atoms. The molecule has 2 aromatic rings. The highest BCUT2D eigenvalue weighted by Gasteiger charge is 1.98. The van der Waals surface area contributed by atoms with Crippen molar-refractivity contribution in [3.05, 3.63) is 42.4 Å². The second-order valence-electron chi connectivity index (χ2n) is 2.86. The number of hydrogen-bond donors (Lipinski definition) is 0. The molecular weight excluding hydrogens is 162 g/mol. The van der Waals surface area contributed by atoms with E-state index in [0.29, 0.717) is 0 Å². The number of aromatic nitrogens is 3. The topological polar surface area (TPSA) is 38.7 Å². The van der Waals surface area contributed by atoms with E-state index in [0.717, 1.165) is 16.8 Å². The Hall–Kier alpha value is -1.77. The SMILES string of the molecule is Cc1cnnc(-c2cccnc2)c1. The fourth-order valence-electron chi connectivity index (χ4n) is 1.12. The van der Waals surface area contributed by atoms with Crippen LogP contribution in [-0.4, -0.2) is 15.2 Å². The lowest BCUT2D eigenvalue weighted by Gasteiger charge is -1.98. The third kappa shape index (κ3) is 1.69. The third-order valence-electron chi connectivity index (χ3n) is 1.75. The number of aryl methyl sites for hydroxylation is 1. The predicted octanol–water partition coefficient (Wildman–Crippen LogP) is 1.85. The normalized spacial score (nSPS) is 9.92. The molecule has 0 saturated carbocycles. The molecule has 2 heterocycles. The van der Waals surface area contributed by atoms with Gasteiger partial charge in [0.05, 0.1) is 11.9 Å². The van der Waals surface area contributed by atoms with Crippen LogP contribution in [0.3, 0.4) is 0 Å². The van der Waals surface area contributed by atoms with E-state index < -0.39 is 0 Å². The summed E-state index contributed by atoms with van der Waals surface area (Å²) in [4.78, 5) is 4.02. The molecule has 0 atom stereocenters. The minimum atomic E-state index is 0.869. The Balaban J connectivity index is 2.48. The summed E-state index contributed by atoms with van der Waals surface area (Å²) in [6.45, 7) is 1.99. The maximum atomic E-state index is 4.02. The van der Waals surface area contributed by atoms with E-state index in [1.165, 1.54) is 0 Å². The molecule has 3 heteroatoms. The van der Waals surface area contributed by atoms with Gasteiger partial charge in [0.2, 0.25) is 0 Å². The van der Waals surface area contributed by atoms with Crippen LogP contribution in [0.4, 0.5) is 0 Å². The first-order chi connectivity index (χ1) is 6.36. The molecule has 0 aliphatic carbocycles. The van der Waals surface area contributed by atoms with Crippen molar-refractivity contribution in [3.8, 4) is 11.3 Å². The van der Waals surface area contributed by atoms with Crippen LogP contribution in [-0.2, 0) is 0 Å². The lowest BCUT2D eigenvalue weighted by Crippen LogP contribution is -1.88. The van der Waals surface area contributed by atoms with Crippen LogP contribution in [0.15, 0.2) is 36.8 Å². The van der Waals surface area contributed by atoms with Crippen LogP contribution in [0, 0.1) is 6.92 Å². The first kappa shape index (κ1) is 7.86. The summed E-state index contributed by atoms with van der Waals surface area (Å²) in [5.74, 6) is 0. The molecule has 0 saturated heterocycles. The van der Waals surface area contributed by atoms with Crippen molar-refractivity contribution in [1.82, 2.24) is 15.2 Å². The van der Waals surface area contributed by atoms with E-state index >= 15 is 0 Å². The zero-order valence-corrected chi connectivity index (χ0v) is 7.31. The Morgan fingerprint density at radius 3 is 2.85 bits per heavy atom. The molecule has 0 fully saturated rings. The predicted molar refractivity (Wildman–Crippen MR) is 50.0 cm³/mol. The van der Waals surface area contributed by atoms with Crippen LogP contribution < -0.4 is 0 Å². The van der Waals surface area contributed by atoms with Gasteiger partial charge < -0.3 is 0 Å². The van der Waals surface area contributed by atoms with E-state index in [1.54, 1.807) is 18.6 Å². The molecule has 0 N–H and O–H groups in total. The van der Waals surface area contributed by atoms with Crippen LogP contribution in [0.1, 0.15) is 5.56 Å². The van der Waals surface area contributed by atoms with Gasteiger partial charge in [-0.05, 0) is 30.7 Å². The number of rotatable bonds is 1. The fraction of sp³-hybridized carbons (Fsp3) is 0.100. The van der Waals surface area contributed by atoms with Gasteiger partial charge in [-0.3, -0.25) is 4.98 Å². The van der Waals surface area contributed by atoms with Gasteiger partial charge in [0.25, 0.3) is 0 Å². The highest BCUT2D eigenvalue weighted by molar-refractivity contribution is 5.57. The smallest absolute Gasteiger partial charge is 0.0947 e. The van der Waals surface area contributed by atoms with Crippen molar-refractivity contribution in [2.24, 2.45) is 0 Å². The second kappa shape index (κ2) is 3.31. The van der Waals surface area contributed by atoms with E-state index in [4.69, 9.17) is 0 Å². The summed E-state index contributed by atoms with van der Waals surface area (Å²) in [7, 11) is 0. The van der Waals surface area contributed by atoms with Gasteiger partial charge in [-0.15, -0.1) is 0 Å². The molecule has 64 valence electrons. The van der Waals surface area contributed by atoms with E-state index in [2.05, 4.69) is 15.2 Å². The molecule has 13 heavy (non-hydrogen) atoms. The van der Waals surface area contributed by atoms with Gasteiger partial charge in [-0.25, -0.2) is 0 Å². The quantitative estimate of drug-likeness (QED) is 0.657. The zero-order valence-electron chi connectivity index (χ0n) is 7.31. The molecule has 0 unspecified atom stereocenters. The Labute approximate surface area is 76.5 Å². The summed E-state index contributed by atoms with van der Waals surface area (Å²) in [6.07, 6.45) is 5.26. The minimum absolute atomic E-state index is 0.869. The van der Waals surface area contributed by atoms with Gasteiger partial charge in [0, 0.05) is 18.0 Å². The Kier molecular flexibility index (Phi) is 2.00. The molecule has 0 bridgehead atoms. The molecule has 0 aliphatic heterocycles. The van der Waals surface area contributed by atoms with E-state index in [-0.39, 0.29) is 0 Å². The molecule has 0 aromatic carbocycles. The number of pyridine rings is 1. The Bertz CT molecular complexity index is 398. The molecule has 0 aliphatic rings. The monoisotopic (exact) mass is 171 g/mol. The number of hydrogen-bond acceptors (Lipinski definition) is 3. The largest absolute Gasteiger partial charge is 0.264 e. The molecule has 0 radical (unpaired) electrons. The van der Waals surface area contributed by atoms with Crippen molar-refractivity contribution in [3.63, 3.8) is 0 Å². The van der Waals surface area contributed by atoms with Gasteiger partial charge in [-0.2, -0.15) is 10.2 Å². The molecule has 2 aromatic heterocycles. The summed E-state index contributed by atoms with van der Waals surface area (Å²) in [6, 6.07) is 5.85. The summed E-state index contributed by atoms with van der Waals surface area (Å²) in [5, 5.41) is 7.90. The lowest BCUT2D eigenvalue weighted by atomic mass is 10.2. The van der Waals surface area contributed by atoms with Crippen molar-refractivity contribution in [2.45, 2.75) is 6.92 Å². The average Bonchev–Trinajstić information content (AvgIpc) is 2.19. The maximum Gasteiger partial charge on any atom is 0.0947 e. The lowest BCUT2D eigenvalue weighted by molar-refractivity contribution is 1.02. The summed E-state index contributed by atoms with van der Waals surface area (Å²) in [5.41, 5.74) is 2.97. The van der Waals surface area contributed by atoms with E-state index in [1.807, 2.05) is 25.1 Å². The highest BCUT2D eigenvalue weighted by atomic mass is 15.1. The van der Waals surface area contributed by atoms with Crippen LogP contribution in [0.5, 0.6) is 0 Å². The minimum Gasteiger partial charge on any atom is -0.264 e. The van der Waals surface area contributed by atoms with E-state index in [9.17, 15) is 0 Å².